The highest BCUT2D eigenvalue weighted by atomic mass is 35.5. The third kappa shape index (κ3) is 4.66. The second kappa shape index (κ2) is 8.76. The van der Waals surface area contributed by atoms with Gasteiger partial charge >= 0.3 is 0 Å². The van der Waals surface area contributed by atoms with Crippen LogP contribution < -0.4 is 10.1 Å². The van der Waals surface area contributed by atoms with E-state index >= 15 is 0 Å². The van der Waals surface area contributed by atoms with Gasteiger partial charge in [-0.15, -0.1) is 6.42 Å². The highest BCUT2D eigenvalue weighted by Crippen LogP contribution is 2.26. The number of anilines is 1. The molecule has 4 nitrogen and oxygen atoms in total. The van der Waals surface area contributed by atoms with Crippen molar-refractivity contribution in [2.24, 2.45) is 0 Å². The summed E-state index contributed by atoms with van der Waals surface area (Å²) in [6.07, 6.45) is 6.62. The molecule has 0 unspecified atom stereocenters. The average molecular weight is 365 g/mol. The lowest BCUT2D eigenvalue weighted by Gasteiger charge is -2.10. The minimum Gasteiger partial charge on any atom is -0.479 e. The van der Waals surface area contributed by atoms with E-state index in [2.05, 4.69) is 11.2 Å². The number of nitriles is 1. The second-order valence-corrected chi connectivity index (χ2v) is 5.96. The zero-order chi connectivity index (χ0) is 19.1. The van der Waals surface area contributed by atoms with Gasteiger partial charge in [-0.05, 0) is 54.8 Å². The molecule has 0 fully saturated rings. The molecule has 5 heteroatoms. The van der Waals surface area contributed by atoms with Crippen LogP contribution in [0.4, 0.5) is 5.69 Å². The van der Waals surface area contributed by atoms with Gasteiger partial charge in [0.15, 0.2) is 0 Å². The summed E-state index contributed by atoms with van der Waals surface area (Å²) in [6, 6.07) is 12.5. The van der Waals surface area contributed by atoms with Crippen molar-refractivity contribution in [1.29, 1.82) is 5.26 Å². The Kier molecular flexibility index (Phi) is 6.44. The minimum atomic E-state index is -0.481. The number of terminal acetylenes is 1. The van der Waals surface area contributed by atoms with Gasteiger partial charge in [0, 0.05) is 5.69 Å². The van der Waals surface area contributed by atoms with Gasteiger partial charge in [-0.3, -0.25) is 4.79 Å². The molecule has 1 amide bonds. The minimum absolute atomic E-state index is 0.0285. The van der Waals surface area contributed by atoms with Crippen LogP contribution in [0, 0.1) is 37.5 Å². The van der Waals surface area contributed by atoms with Crippen LogP contribution >= 0.6 is 11.6 Å². The van der Waals surface area contributed by atoms with Crippen molar-refractivity contribution in [3.8, 4) is 24.2 Å². The smallest absolute Gasteiger partial charge is 0.266 e. The van der Waals surface area contributed by atoms with Gasteiger partial charge in [-0.1, -0.05) is 35.7 Å². The number of rotatable bonds is 5. The molecule has 1 N–H and O–H groups in total. The number of nitrogens with one attached hydrogen (secondary N) is 1. The normalized spacial score (nSPS) is 10.6. The number of hydrogen-bond donors (Lipinski definition) is 1. The Morgan fingerprint density at radius 1 is 1.35 bits per heavy atom. The molecule has 0 aliphatic heterocycles. The van der Waals surface area contributed by atoms with Crippen LogP contribution in [0.2, 0.25) is 5.02 Å². The highest BCUT2D eigenvalue weighted by molar-refractivity contribution is 6.32. The first-order chi connectivity index (χ1) is 12.5. The Morgan fingerprint density at radius 2 is 2.12 bits per heavy atom. The molecule has 2 aromatic carbocycles. The summed E-state index contributed by atoms with van der Waals surface area (Å²) in [4.78, 5) is 12.4. The lowest BCUT2D eigenvalue weighted by atomic mass is 10.1. The van der Waals surface area contributed by atoms with Gasteiger partial charge in [0.2, 0.25) is 0 Å². The summed E-state index contributed by atoms with van der Waals surface area (Å²) < 4.78 is 5.29. The second-order valence-electron chi connectivity index (χ2n) is 5.55. The summed E-state index contributed by atoms with van der Waals surface area (Å²) in [5.74, 6) is 2.32. The summed E-state index contributed by atoms with van der Waals surface area (Å²) in [5, 5.41) is 12.5. The quantitative estimate of drug-likeness (QED) is 0.482. The maximum Gasteiger partial charge on any atom is 0.266 e. The monoisotopic (exact) mass is 364 g/mol. The molecular formula is C21H17ClN2O2. The Hall–Kier alpha value is -3.21. The first kappa shape index (κ1) is 19.1. The van der Waals surface area contributed by atoms with Crippen molar-refractivity contribution < 1.29 is 9.53 Å². The molecular weight excluding hydrogens is 348 g/mol. The fourth-order valence-electron chi connectivity index (χ4n) is 2.23. The fraction of sp³-hybridized carbons (Fsp3) is 0.143. The van der Waals surface area contributed by atoms with Gasteiger partial charge < -0.3 is 10.1 Å². The first-order valence-electron chi connectivity index (χ1n) is 7.81. The molecule has 0 bridgehead atoms. The number of halogens is 1. The predicted octanol–water partition coefficient (Wildman–Crippen LogP) is 4.51. The first-order valence-corrected chi connectivity index (χ1v) is 8.19. The SMILES string of the molecule is C#CCOc1ccc(/C=C(\C#N)C(=O)Nc2cccc(C)c2C)cc1Cl. The van der Waals surface area contributed by atoms with Crippen molar-refractivity contribution in [3.05, 3.63) is 63.7 Å². The third-order valence-electron chi connectivity index (χ3n) is 3.80. The van der Waals surface area contributed by atoms with E-state index in [-0.39, 0.29) is 12.2 Å². The van der Waals surface area contributed by atoms with E-state index in [9.17, 15) is 10.1 Å². The van der Waals surface area contributed by atoms with Crippen LogP contribution in [0.15, 0.2) is 42.0 Å². The van der Waals surface area contributed by atoms with Crippen LogP contribution in [-0.2, 0) is 4.79 Å². The molecule has 0 atom stereocenters. The van der Waals surface area contributed by atoms with E-state index < -0.39 is 5.91 Å². The van der Waals surface area contributed by atoms with Crippen LogP contribution in [-0.4, -0.2) is 12.5 Å². The maximum atomic E-state index is 12.4. The van der Waals surface area contributed by atoms with E-state index in [0.717, 1.165) is 11.1 Å². The predicted molar refractivity (Wildman–Crippen MR) is 104 cm³/mol. The number of amides is 1. The van der Waals surface area contributed by atoms with E-state index in [1.165, 1.54) is 6.08 Å². The van der Waals surface area contributed by atoms with Crippen molar-refractivity contribution >= 4 is 29.3 Å². The van der Waals surface area contributed by atoms with Crippen LogP contribution in [0.25, 0.3) is 6.08 Å². The number of ether oxygens (including phenoxy) is 1. The van der Waals surface area contributed by atoms with Gasteiger partial charge in [0.05, 0.1) is 5.02 Å². The van der Waals surface area contributed by atoms with Crippen LogP contribution in [0.3, 0.4) is 0 Å². The molecule has 0 aromatic heterocycles. The molecule has 0 aliphatic rings. The summed E-state index contributed by atoms with van der Waals surface area (Å²) in [7, 11) is 0. The standard InChI is InChI=1S/C21H17ClN2O2/c1-4-10-26-20-9-8-16(12-18(20)22)11-17(13-23)21(25)24-19-7-5-6-14(2)15(19)3/h1,5-9,11-12H,10H2,2-3H3,(H,24,25)/b17-11+. The molecule has 0 saturated carbocycles. The molecule has 0 aliphatic carbocycles. The van der Waals surface area contributed by atoms with Crippen molar-refractivity contribution in [1.82, 2.24) is 0 Å². The molecule has 2 aromatic rings. The Bertz CT molecular complexity index is 949. The molecule has 2 rings (SSSR count). The largest absolute Gasteiger partial charge is 0.479 e. The molecule has 0 spiro atoms. The Balaban J connectivity index is 2.23. The number of nitrogens with zero attached hydrogens (tertiary/aromatic N) is 1. The maximum absolute atomic E-state index is 12.4. The van der Waals surface area contributed by atoms with Crippen molar-refractivity contribution in [3.63, 3.8) is 0 Å². The van der Waals surface area contributed by atoms with Gasteiger partial charge in [-0.2, -0.15) is 5.26 Å². The topological polar surface area (TPSA) is 62.1 Å². The van der Waals surface area contributed by atoms with E-state index in [0.29, 0.717) is 22.0 Å². The molecule has 0 radical (unpaired) electrons. The molecule has 0 saturated heterocycles. The number of carbonyl (C=O) groups excluding carboxylic acids is 1. The zero-order valence-corrected chi connectivity index (χ0v) is 15.2. The van der Waals surface area contributed by atoms with Gasteiger partial charge in [0.25, 0.3) is 5.91 Å². The van der Waals surface area contributed by atoms with E-state index in [1.54, 1.807) is 24.3 Å². The molecule has 0 heterocycles. The third-order valence-corrected chi connectivity index (χ3v) is 4.09. The van der Waals surface area contributed by atoms with Gasteiger partial charge in [0.1, 0.15) is 24.0 Å². The van der Waals surface area contributed by atoms with E-state index in [1.807, 2.05) is 32.0 Å². The van der Waals surface area contributed by atoms with Crippen molar-refractivity contribution in [2.45, 2.75) is 13.8 Å². The Morgan fingerprint density at radius 3 is 2.77 bits per heavy atom. The fourth-order valence-corrected chi connectivity index (χ4v) is 2.48. The zero-order valence-electron chi connectivity index (χ0n) is 14.5. The average Bonchev–Trinajstić information content (AvgIpc) is 2.62. The number of benzene rings is 2. The molecule has 130 valence electrons. The van der Waals surface area contributed by atoms with Crippen LogP contribution in [0.5, 0.6) is 5.75 Å². The van der Waals surface area contributed by atoms with Crippen LogP contribution in [0.1, 0.15) is 16.7 Å². The summed E-state index contributed by atoms with van der Waals surface area (Å²) in [6.45, 7) is 3.98. The Labute approximate surface area is 158 Å². The number of hydrogen-bond acceptors (Lipinski definition) is 3. The molecule has 26 heavy (non-hydrogen) atoms. The lowest BCUT2D eigenvalue weighted by Crippen LogP contribution is -2.14. The number of aryl methyl sites for hydroxylation is 1. The summed E-state index contributed by atoms with van der Waals surface area (Å²) >= 11 is 6.13. The lowest BCUT2D eigenvalue weighted by molar-refractivity contribution is -0.112. The van der Waals surface area contributed by atoms with E-state index in [4.69, 9.17) is 22.8 Å². The van der Waals surface area contributed by atoms with Gasteiger partial charge in [-0.25, -0.2) is 0 Å². The summed E-state index contributed by atoms with van der Waals surface area (Å²) in [5.41, 5.74) is 3.26. The number of carbonyl (C=O) groups is 1. The highest BCUT2D eigenvalue weighted by Gasteiger charge is 2.12. The van der Waals surface area contributed by atoms with Crippen molar-refractivity contribution in [2.75, 3.05) is 11.9 Å².